The Morgan fingerprint density at radius 1 is 1.23 bits per heavy atom. The summed E-state index contributed by atoms with van der Waals surface area (Å²) >= 11 is 1.79. The molecule has 0 bridgehead atoms. The second-order valence-electron chi connectivity index (χ2n) is 7.01. The van der Waals surface area contributed by atoms with Crippen LogP contribution in [0.25, 0.3) is 0 Å². The zero-order chi connectivity index (χ0) is 17.6. The topological polar surface area (TPSA) is 70.7 Å². The van der Waals surface area contributed by atoms with E-state index in [-0.39, 0.29) is 24.4 Å². The summed E-state index contributed by atoms with van der Waals surface area (Å²) in [5.41, 5.74) is 7.16. The smallest absolute Gasteiger partial charge is 0.226 e. The molecule has 5 nitrogen and oxygen atoms in total. The fourth-order valence-electron chi connectivity index (χ4n) is 3.40. The highest BCUT2D eigenvalue weighted by Gasteiger charge is 2.29. The lowest BCUT2D eigenvalue weighted by molar-refractivity contribution is -0.116. The highest BCUT2D eigenvalue weighted by atomic mass is 35.5. The lowest BCUT2D eigenvalue weighted by Gasteiger charge is -2.21. The molecule has 1 aliphatic carbocycles. The Balaban J connectivity index is 0.00000243. The van der Waals surface area contributed by atoms with E-state index >= 15 is 0 Å². The molecule has 2 fully saturated rings. The van der Waals surface area contributed by atoms with Gasteiger partial charge in [-0.1, -0.05) is 37.4 Å². The van der Waals surface area contributed by atoms with E-state index < -0.39 is 0 Å². The van der Waals surface area contributed by atoms with Gasteiger partial charge in [0.25, 0.3) is 0 Å². The van der Waals surface area contributed by atoms with Gasteiger partial charge in [0.05, 0.1) is 6.04 Å². The molecule has 3 rings (SSSR count). The van der Waals surface area contributed by atoms with Gasteiger partial charge < -0.3 is 16.0 Å². The van der Waals surface area contributed by atoms with Gasteiger partial charge in [0.2, 0.25) is 5.91 Å². The van der Waals surface area contributed by atoms with Crippen LogP contribution in [-0.2, 0) is 4.79 Å². The number of amidine groups is 1. The van der Waals surface area contributed by atoms with E-state index in [1.165, 1.54) is 38.5 Å². The summed E-state index contributed by atoms with van der Waals surface area (Å²) in [4.78, 5) is 19.5. The summed E-state index contributed by atoms with van der Waals surface area (Å²) in [7, 11) is 2.07. The fraction of sp³-hybridized carbons (Fsp3) is 0.579. The van der Waals surface area contributed by atoms with E-state index in [2.05, 4.69) is 17.3 Å². The largest absolute Gasteiger partial charge is 0.399 e. The molecule has 2 aliphatic rings. The van der Waals surface area contributed by atoms with Gasteiger partial charge in [-0.15, -0.1) is 12.4 Å². The Hall–Kier alpha value is -1.40. The molecule has 26 heavy (non-hydrogen) atoms. The van der Waals surface area contributed by atoms with Crippen LogP contribution >= 0.6 is 24.2 Å². The van der Waals surface area contributed by atoms with Gasteiger partial charge in [-0.25, -0.2) is 0 Å². The minimum absolute atomic E-state index is 0. The Morgan fingerprint density at radius 2 is 1.88 bits per heavy atom. The van der Waals surface area contributed by atoms with Gasteiger partial charge in [0.1, 0.15) is 0 Å². The summed E-state index contributed by atoms with van der Waals surface area (Å²) in [5.74, 6) is 0.968. The molecule has 1 amide bonds. The number of hydrogen-bond acceptors (Lipinski definition) is 4. The van der Waals surface area contributed by atoms with Crippen molar-refractivity contribution >= 4 is 46.6 Å². The lowest BCUT2D eigenvalue weighted by Crippen LogP contribution is -2.34. The maximum atomic E-state index is 12.3. The summed E-state index contributed by atoms with van der Waals surface area (Å²) in [6.07, 6.45) is 8.18. The van der Waals surface area contributed by atoms with Crippen molar-refractivity contribution in [3.05, 3.63) is 24.3 Å². The highest BCUT2D eigenvalue weighted by molar-refractivity contribution is 8.14. The molecule has 1 saturated heterocycles. The van der Waals surface area contributed by atoms with Crippen LogP contribution in [-0.4, -0.2) is 40.9 Å². The van der Waals surface area contributed by atoms with Gasteiger partial charge in [-0.2, -0.15) is 0 Å². The third-order valence-corrected chi connectivity index (χ3v) is 6.19. The van der Waals surface area contributed by atoms with E-state index in [1.54, 1.807) is 23.9 Å². The summed E-state index contributed by atoms with van der Waals surface area (Å²) in [6.45, 7) is 0. The molecular formula is C19H29ClN4OS. The monoisotopic (exact) mass is 396 g/mol. The second kappa shape index (κ2) is 10.1. The first-order chi connectivity index (χ1) is 12.1. The number of amides is 1. The van der Waals surface area contributed by atoms with Gasteiger partial charge in [0, 0.05) is 36.6 Å². The predicted molar refractivity (Wildman–Crippen MR) is 114 cm³/mol. The fourth-order valence-corrected chi connectivity index (χ4v) is 4.66. The number of nitrogens with zero attached hydrogens (tertiary/aromatic N) is 2. The van der Waals surface area contributed by atoms with Crippen molar-refractivity contribution in [3.8, 4) is 0 Å². The molecule has 144 valence electrons. The predicted octanol–water partition coefficient (Wildman–Crippen LogP) is 4.15. The minimum Gasteiger partial charge on any atom is -0.399 e. The van der Waals surface area contributed by atoms with Crippen molar-refractivity contribution in [1.82, 2.24) is 4.90 Å². The number of carbonyl (C=O) groups excluding carboxylic acids is 1. The standard InChI is InChI=1S/C19H28N4OS.ClH/c1-23-17(12-18(24)21-16-10-8-14(20)9-11-16)13-25-19(23)22-15-6-4-2-3-5-7-15;/h8-11,15,17H,2-7,12-13,20H2,1H3,(H,21,24);1H. The molecule has 1 saturated carbocycles. The molecule has 1 aromatic carbocycles. The Bertz CT molecular complexity index is 614. The first-order valence-electron chi connectivity index (χ1n) is 9.20. The SMILES string of the molecule is CN1C(=NC2CCCCCC2)SCC1CC(=O)Nc1ccc(N)cc1.Cl. The third kappa shape index (κ3) is 5.81. The van der Waals surface area contributed by atoms with Crippen LogP contribution < -0.4 is 11.1 Å². The zero-order valence-electron chi connectivity index (χ0n) is 15.3. The van der Waals surface area contributed by atoms with Crippen LogP contribution in [0.4, 0.5) is 11.4 Å². The van der Waals surface area contributed by atoms with Gasteiger partial charge >= 0.3 is 0 Å². The van der Waals surface area contributed by atoms with Crippen molar-refractivity contribution in [2.75, 3.05) is 23.9 Å². The van der Waals surface area contributed by atoms with E-state index in [9.17, 15) is 4.79 Å². The van der Waals surface area contributed by atoms with Crippen LogP contribution in [0.2, 0.25) is 0 Å². The molecule has 1 aliphatic heterocycles. The van der Waals surface area contributed by atoms with Crippen molar-refractivity contribution < 1.29 is 4.79 Å². The molecule has 1 unspecified atom stereocenters. The number of aliphatic imine (C=N–C) groups is 1. The van der Waals surface area contributed by atoms with Gasteiger partial charge in [-0.3, -0.25) is 9.79 Å². The molecule has 0 spiro atoms. The van der Waals surface area contributed by atoms with Crippen molar-refractivity contribution in [2.45, 2.75) is 57.0 Å². The van der Waals surface area contributed by atoms with Crippen molar-refractivity contribution in [1.29, 1.82) is 0 Å². The molecular weight excluding hydrogens is 368 g/mol. The first-order valence-corrected chi connectivity index (χ1v) is 10.2. The molecule has 0 aromatic heterocycles. The van der Waals surface area contributed by atoms with E-state index in [1.807, 2.05) is 12.1 Å². The molecule has 7 heteroatoms. The average molecular weight is 397 g/mol. The van der Waals surface area contributed by atoms with Gasteiger partial charge in [-0.05, 0) is 37.1 Å². The molecule has 0 radical (unpaired) electrons. The van der Waals surface area contributed by atoms with E-state index in [0.717, 1.165) is 16.6 Å². The van der Waals surface area contributed by atoms with Crippen LogP contribution in [0.1, 0.15) is 44.9 Å². The molecule has 1 atom stereocenters. The van der Waals surface area contributed by atoms with Crippen LogP contribution in [0, 0.1) is 0 Å². The lowest BCUT2D eigenvalue weighted by atomic mass is 10.1. The first kappa shape index (κ1) is 20.9. The highest BCUT2D eigenvalue weighted by Crippen LogP contribution is 2.28. The molecule has 1 heterocycles. The average Bonchev–Trinajstić information content (AvgIpc) is 2.79. The number of anilines is 2. The maximum absolute atomic E-state index is 12.3. The van der Waals surface area contributed by atoms with E-state index in [0.29, 0.717) is 18.2 Å². The van der Waals surface area contributed by atoms with Crippen LogP contribution in [0.15, 0.2) is 29.3 Å². The van der Waals surface area contributed by atoms with Crippen LogP contribution in [0.3, 0.4) is 0 Å². The number of thioether (sulfide) groups is 1. The normalized spacial score (nSPS) is 22.7. The molecule has 3 N–H and O–H groups in total. The van der Waals surface area contributed by atoms with E-state index in [4.69, 9.17) is 10.7 Å². The quantitative estimate of drug-likeness (QED) is 0.592. The molecule has 1 aromatic rings. The summed E-state index contributed by atoms with van der Waals surface area (Å²) in [5, 5.41) is 4.06. The third-order valence-electron chi connectivity index (χ3n) is 4.99. The summed E-state index contributed by atoms with van der Waals surface area (Å²) in [6, 6.07) is 7.94. The van der Waals surface area contributed by atoms with Gasteiger partial charge in [0.15, 0.2) is 5.17 Å². The second-order valence-corrected chi connectivity index (χ2v) is 7.99. The van der Waals surface area contributed by atoms with Crippen molar-refractivity contribution in [2.24, 2.45) is 4.99 Å². The number of rotatable bonds is 4. The summed E-state index contributed by atoms with van der Waals surface area (Å²) < 4.78 is 0. The van der Waals surface area contributed by atoms with Crippen molar-refractivity contribution in [3.63, 3.8) is 0 Å². The maximum Gasteiger partial charge on any atom is 0.226 e. The number of hydrogen-bond donors (Lipinski definition) is 2. The number of nitrogens with two attached hydrogens (primary N) is 1. The number of nitrogen functional groups attached to an aromatic ring is 1. The minimum atomic E-state index is 0. The van der Waals surface area contributed by atoms with Crippen LogP contribution in [0.5, 0.6) is 0 Å². The zero-order valence-corrected chi connectivity index (χ0v) is 17.0. The number of benzene rings is 1. The Labute approximate surface area is 166 Å². The Kier molecular flexibility index (Phi) is 8.10. The number of halogens is 1. The Morgan fingerprint density at radius 3 is 2.54 bits per heavy atom. The number of carbonyl (C=O) groups is 1. The number of nitrogens with one attached hydrogen (secondary N) is 1.